The van der Waals surface area contributed by atoms with Gasteiger partial charge in [0.05, 0.1) is 4.34 Å². The molecule has 0 amide bonds. The molecule has 0 radical (unpaired) electrons. The van der Waals surface area contributed by atoms with E-state index in [0.29, 0.717) is 9.21 Å². The zero-order chi connectivity index (χ0) is 11.8. The van der Waals surface area contributed by atoms with Crippen LogP contribution in [0.15, 0.2) is 30.3 Å². The Labute approximate surface area is 108 Å². The average Bonchev–Trinajstić information content (AvgIpc) is 2.95. The Balaban J connectivity index is 2.02. The topological polar surface area (TPSA) is 12.0 Å². The Morgan fingerprint density at radius 1 is 1.29 bits per heavy atom. The van der Waals surface area contributed by atoms with Gasteiger partial charge in [0.1, 0.15) is 0 Å². The summed E-state index contributed by atoms with van der Waals surface area (Å²) in [6.45, 7) is 0.893. The van der Waals surface area contributed by atoms with E-state index >= 15 is 0 Å². The summed E-state index contributed by atoms with van der Waals surface area (Å²) in [5, 5.41) is 3.26. The van der Waals surface area contributed by atoms with E-state index in [0.717, 1.165) is 24.2 Å². The third kappa shape index (κ3) is 1.94. The molecule has 1 aromatic carbocycles. The van der Waals surface area contributed by atoms with Crippen LogP contribution in [0.3, 0.4) is 0 Å². The van der Waals surface area contributed by atoms with Gasteiger partial charge in [-0.3, -0.25) is 0 Å². The van der Waals surface area contributed by atoms with E-state index < -0.39 is 6.17 Å². The summed E-state index contributed by atoms with van der Waals surface area (Å²) < 4.78 is 15.1. The molecule has 2 aromatic rings. The molecular formula is C13H11ClFNS. The van der Waals surface area contributed by atoms with Gasteiger partial charge in [-0.15, -0.1) is 11.3 Å². The molecule has 1 nitrogen and oxygen atoms in total. The molecule has 0 saturated carbocycles. The van der Waals surface area contributed by atoms with Gasteiger partial charge in [-0.2, -0.15) is 0 Å². The van der Waals surface area contributed by atoms with Crippen LogP contribution in [0.25, 0.3) is 0 Å². The van der Waals surface area contributed by atoms with Crippen LogP contribution >= 0.6 is 22.9 Å². The van der Waals surface area contributed by atoms with Crippen LogP contribution in [-0.2, 0) is 6.42 Å². The van der Waals surface area contributed by atoms with Crippen LogP contribution in [0.1, 0.15) is 22.2 Å². The maximum absolute atomic E-state index is 14.4. The molecule has 1 N–H and O–H groups in total. The molecule has 0 bridgehead atoms. The van der Waals surface area contributed by atoms with Gasteiger partial charge < -0.3 is 5.32 Å². The highest BCUT2D eigenvalue weighted by Gasteiger charge is 2.22. The smallest absolute Gasteiger partial charge is 0.161 e. The van der Waals surface area contributed by atoms with Crippen LogP contribution in [0.5, 0.6) is 0 Å². The molecule has 1 aliphatic rings. The van der Waals surface area contributed by atoms with Crippen molar-refractivity contribution in [3.63, 3.8) is 0 Å². The number of thiophene rings is 1. The summed E-state index contributed by atoms with van der Waals surface area (Å²) >= 11 is 7.14. The molecule has 2 heterocycles. The standard InChI is InChI=1S/C13H11ClFNS/c14-11-5-4-10(17-11)12(15)9-3-1-2-8-6-7-16-13(8)9/h1-5,12,16H,6-7H2. The third-order valence-corrected chi connectivity index (χ3v) is 4.26. The van der Waals surface area contributed by atoms with Crippen molar-refractivity contribution in [2.45, 2.75) is 12.6 Å². The van der Waals surface area contributed by atoms with E-state index in [1.165, 1.54) is 16.9 Å². The highest BCUT2D eigenvalue weighted by Crippen LogP contribution is 2.39. The summed E-state index contributed by atoms with van der Waals surface area (Å²) in [4.78, 5) is 0.664. The van der Waals surface area contributed by atoms with Crippen molar-refractivity contribution in [1.29, 1.82) is 0 Å². The van der Waals surface area contributed by atoms with Gasteiger partial charge in [-0.1, -0.05) is 29.8 Å². The number of para-hydroxylation sites is 1. The summed E-state index contributed by atoms with van der Waals surface area (Å²) in [5.41, 5.74) is 2.89. The molecule has 1 aliphatic heterocycles. The Kier molecular flexibility index (Phi) is 2.81. The van der Waals surface area contributed by atoms with E-state index in [1.54, 1.807) is 12.1 Å². The third-order valence-electron chi connectivity index (χ3n) is 3.00. The average molecular weight is 268 g/mol. The lowest BCUT2D eigenvalue weighted by Gasteiger charge is -2.12. The fraction of sp³-hybridized carbons (Fsp3) is 0.231. The van der Waals surface area contributed by atoms with Gasteiger partial charge in [-0.25, -0.2) is 4.39 Å². The Morgan fingerprint density at radius 2 is 2.18 bits per heavy atom. The van der Waals surface area contributed by atoms with Crippen molar-refractivity contribution < 1.29 is 4.39 Å². The summed E-state index contributed by atoms with van der Waals surface area (Å²) in [6.07, 6.45) is -0.116. The van der Waals surface area contributed by atoms with Crippen LogP contribution in [0.4, 0.5) is 10.1 Å². The Hall–Kier alpha value is -1.06. The first-order chi connectivity index (χ1) is 8.25. The van der Waals surface area contributed by atoms with Gasteiger partial charge in [0.2, 0.25) is 0 Å². The molecule has 0 aliphatic carbocycles. The second-order valence-corrected chi connectivity index (χ2v) is 5.81. The maximum atomic E-state index is 14.4. The normalized spacial score (nSPS) is 15.4. The van der Waals surface area contributed by atoms with Crippen LogP contribution in [-0.4, -0.2) is 6.54 Å². The zero-order valence-corrected chi connectivity index (χ0v) is 10.6. The first-order valence-corrected chi connectivity index (χ1v) is 6.70. The molecule has 3 rings (SSSR count). The fourth-order valence-corrected chi connectivity index (χ4v) is 3.25. The summed E-state index contributed by atoms with van der Waals surface area (Å²) in [5.74, 6) is 0. The van der Waals surface area contributed by atoms with Crippen molar-refractivity contribution in [2.24, 2.45) is 0 Å². The summed E-state index contributed by atoms with van der Waals surface area (Å²) in [7, 11) is 0. The number of fused-ring (bicyclic) bond motifs is 1. The number of hydrogen-bond donors (Lipinski definition) is 1. The second-order valence-electron chi connectivity index (χ2n) is 4.06. The van der Waals surface area contributed by atoms with Crippen molar-refractivity contribution in [1.82, 2.24) is 0 Å². The van der Waals surface area contributed by atoms with Gasteiger partial charge >= 0.3 is 0 Å². The molecular weight excluding hydrogens is 257 g/mol. The first kappa shape index (κ1) is 11.1. The number of rotatable bonds is 2. The molecule has 0 fully saturated rings. The molecule has 0 spiro atoms. The molecule has 4 heteroatoms. The number of halogens is 2. The molecule has 0 saturated heterocycles. The number of nitrogens with one attached hydrogen (secondary N) is 1. The minimum atomic E-state index is -1.09. The predicted octanol–water partition coefficient (Wildman–Crippen LogP) is 4.43. The first-order valence-electron chi connectivity index (χ1n) is 5.50. The number of alkyl halides is 1. The van der Waals surface area contributed by atoms with Gasteiger partial charge in [0, 0.05) is 22.7 Å². The minimum absolute atomic E-state index is 0.628. The van der Waals surface area contributed by atoms with Crippen LogP contribution in [0.2, 0.25) is 4.34 Å². The minimum Gasteiger partial charge on any atom is -0.384 e. The second kappa shape index (κ2) is 4.31. The quantitative estimate of drug-likeness (QED) is 0.849. The lowest BCUT2D eigenvalue weighted by Crippen LogP contribution is -1.99. The zero-order valence-electron chi connectivity index (χ0n) is 9.04. The van der Waals surface area contributed by atoms with Crippen molar-refractivity contribution in [2.75, 3.05) is 11.9 Å². The SMILES string of the molecule is FC(c1ccc(Cl)s1)c1cccc2c1NCC2. The van der Waals surface area contributed by atoms with E-state index in [1.807, 2.05) is 18.2 Å². The lowest BCUT2D eigenvalue weighted by atomic mass is 10.0. The van der Waals surface area contributed by atoms with Crippen molar-refractivity contribution >= 4 is 28.6 Å². The van der Waals surface area contributed by atoms with E-state index in [4.69, 9.17) is 11.6 Å². The molecule has 88 valence electrons. The van der Waals surface area contributed by atoms with Crippen molar-refractivity contribution in [3.05, 3.63) is 50.7 Å². The van der Waals surface area contributed by atoms with E-state index in [2.05, 4.69) is 5.32 Å². The highest BCUT2D eigenvalue weighted by molar-refractivity contribution is 7.16. The molecule has 1 unspecified atom stereocenters. The predicted molar refractivity (Wildman–Crippen MR) is 70.9 cm³/mol. The maximum Gasteiger partial charge on any atom is 0.161 e. The molecule has 17 heavy (non-hydrogen) atoms. The van der Waals surface area contributed by atoms with E-state index in [9.17, 15) is 4.39 Å². The number of benzene rings is 1. The monoisotopic (exact) mass is 267 g/mol. The molecule has 1 aromatic heterocycles. The highest BCUT2D eigenvalue weighted by atomic mass is 35.5. The van der Waals surface area contributed by atoms with E-state index in [-0.39, 0.29) is 0 Å². The Bertz CT molecular complexity index is 552. The largest absolute Gasteiger partial charge is 0.384 e. The van der Waals surface area contributed by atoms with Gasteiger partial charge in [0.25, 0.3) is 0 Å². The summed E-state index contributed by atoms with van der Waals surface area (Å²) in [6, 6.07) is 9.31. The number of anilines is 1. The fourth-order valence-electron chi connectivity index (χ4n) is 2.20. The lowest BCUT2D eigenvalue weighted by molar-refractivity contribution is 0.409. The Morgan fingerprint density at radius 3 is 2.94 bits per heavy atom. The molecule has 1 atom stereocenters. The van der Waals surface area contributed by atoms with Gasteiger partial charge in [0.15, 0.2) is 6.17 Å². The van der Waals surface area contributed by atoms with Crippen LogP contribution in [0, 0.1) is 0 Å². The number of hydrogen-bond acceptors (Lipinski definition) is 2. The van der Waals surface area contributed by atoms with Crippen LogP contribution < -0.4 is 5.32 Å². The van der Waals surface area contributed by atoms with Crippen molar-refractivity contribution in [3.8, 4) is 0 Å². The van der Waals surface area contributed by atoms with Gasteiger partial charge in [-0.05, 0) is 24.1 Å².